The predicted molar refractivity (Wildman–Crippen MR) is 82.6 cm³/mol. The quantitative estimate of drug-likeness (QED) is 0.596. The molecule has 2 saturated carbocycles. The molecular formula is C18H23Cl. The number of benzene rings is 1. The lowest BCUT2D eigenvalue weighted by Crippen LogP contribution is -2.29. The van der Waals surface area contributed by atoms with Gasteiger partial charge in [-0.2, -0.15) is 0 Å². The fraction of sp³-hybridized carbons (Fsp3) is 0.556. The van der Waals surface area contributed by atoms with Crippen LogP contribution in [0.4, 0.5) is 0 Å². The Kier molecular flexibility index (Phi) is 3.98. The summed E-state index contributed by atoms with van der Waals surface area (Å²) in [5.74, 6) is 3.46. The number of allylic oxidation sites excluding steroid dienone is 1. The Morgan fingerprint density at radius 1 is 0.947 bits per heavy atom. The number of hydrogen-bond donors (Lipinski definition) is 0. The van der Waals surface area contributed by atoms with E-state index < -0.39 is 0 Å². The predicted octanol–water partition coefficient (Wildman–Crippen LogP) is 5.83. The molecule has 0 heterocycles. The fourth-order valence-electron chi connectivity index (χ4n) is 4.18. The van der Waals surface area contributed by atoms with Crippen LogP contribution >= 0.6 is 11.6 Å². The third kappa shape index (κ3) is 2.89. The minimum Gasteiger partial charge on any atom is -0.103 e. The van der Waals surface area contributed by atoms with Gasteiger partial charge < -0.3 is 0 Å². The molecule has 3 rings (SSSR count). The number of hydrogen-bond acceptors (Lipinski definition) is 0. The normalized spacial score (nSPS) is 34.6. The first-order chi connectivity index (χ1) is 9.26. The maximum absolute atomic E-state index is 5.98. The molecule has 0 amide bonds. The number of halogens is 1. The van der Waals surface area contributed by atoms with Gasteiger partial charge in [-0.1, -0.05) is 29.8 Å². The van der Waals surface area contributed by atoms with Crippen molar-refractivity contribution in [3.8, 4) is 0 Å². The summed E-state index contributed by atoms with van der Waals surface area (Å²) in [6.07, 6.45) is 10.5. The van der Waals surface area contributed by atoms with Crippen LogP contribution in [0, 0.1) is 17.8 Å². The van der Waals surface area contributed by atoms with Crippen LogP contribution in [0.15, 0.2) is 36.9 Å². The van der Waals surface area contributed by atoms with Crippen molar-refractivity contribution < 1.29 is 0 Å². The van der Waals surface area contributed by atoms with E-state index in [0.29, 0.717) is 0 Å². The van der Waals surface area contributed by atoms with Crippen molar-refractivity contribution in [2.45, 2.75) is 44.4 Å². The van der Waals surface area contributed by atoms with Crippen LogP contribution in [0.25, 0.3) is 0 Å². The van der Waals surface area contributed by atoms with Gasteiger partial charge in [0, 0.05) is 5.02 Å². The highest BCUT2D eigenvalue weighted by Gasteiger charge is 2.35. The average Bonchev–Trinajstić information content (AvgIpc) is 2.47. The smallest absolute Gasteiger partial charge is 0.0406 e. The zero-order valence-corrected chi connectivity index (χ0v) is 12.3. The molecule has 102 valence electrons. The van der Waals surface area contributed by atoms with Gasteiger partial charge in [0.05, 0.1) is 0 Å². The molecule has 2 aliphatic carbocycles. The molecule has 1 aromatic carbocycles. The van der Waals surface area contributed by atoms with Gasteiger partial charge in [-0.25, -0.2) is 0 Å². The third-order valence-electron chi connectivity index (χ3n) is 5.33. The molecule has 1 heteroatoms. The highest BCUT2D eigenvalue weighted by Crippen LogP contribution is 2.47. The molecule has 2 fully saturated rings. The van der Waals surface area contributed by atoms with Crippen LogP contribution in [0.5, 0.6) is 0 Å². The zero-order chi connectivity index (χ0) is 13.2. The minimum atomic E-state index is 0.763. The Balaban J connectivity index is 1.66. The van der Waals surface area contributed by atoms with E-state index in [2.05, 4.69) is 24.8 Å². The van der Waals surface area contributed by atoms with Gasteiger partial charge in [-0.15, -0.1) is 6.58 Å². The molecule has 0 spiro atoms. The van der Waals surface area contributed by atoms with Crippen molar-refractivity contribution in [3.63, 3.8) is 0 Å². The van der Waals surface area contributed by atoms with E-state index in [1.165, 1.54) is 44.1 Å². The molecule has 4 atom stereocenters. The number of fused-ring (bicyclic) bond motifs is 1. The lowest BCUT2D eigenvalue weighted by Gasteiger charge is -2.41. The molecule has 0 radical (unpaired) electrons. The first-order valence-corrected chi connectivity index (χ1v) is 8.02. The van der Waals surface area contributed by atoms with Crippen molar-refractivity contribution in [1.29, 1.82) is 0 Å². The first-order valence-electron chi connectivity index (χ1n) is 7.64. The summed E-state index contributed by atoms with van der Waals surface area (Å²) in [5.41, 5.74) is 1.49. The molecule has 1 unspecified atom stereocenters. The maximum atomic E-state index is 5.98. The van der Waals surface area contributed by atoms with Crippen molar-refractivity contribution in [3.05, 3.63) is 47.5 Å². The second-order valence-electron chi connectivity index (χ2n) is 6.39. The van der Waals surface area contributed by atoms with E-state index in [4.69, 9.17) is 11.6 Å². The summed E-state index contributed by atoms with van der Waals surface area (Å²) >= 11 is 5.98. The van der Waals surface area contributed by atoms with E-state index >= 15 is 0 Å². The van der Waals surface area contributed by atoms with Crippen molar-refractivity contribution in [2.75, 3.05) is 0 Å². The van der Waals surface area contributed by atoms with Crippen molar-refractivity contribution in [2.24, 2.45) is 17.8 Å². The summed E-state index contributed by atoms with van der Waals surface area (Å²) in [5, 5.41) is 0.851. The maximum Gasteiger partial charge on any atom is 0.0406 e. The van der Waals surface area contributed by atoms with Crippen LogP contribution in [-0.4, -0.2) is 0 Å². The lowest BCUT2D eigenvalue weighted by molar-refractivity contribution is 0.133. The highest BCUT2D eigenvalue weighted by atomic mass is 35.5. The van der Waals surface area contributed by atoms with E-state index in [9.17, 15) is 0 Å². The summed E-state index contributed by atoms with van der Waals surface area (Å²) in [7, 11) is 0. The van der Waals surface area contributed by atoms with Crippen molar-refractivity contribution in [1.82, 2.24) is 0 Å². The van der Waals surface area contributed by atoms with E-state index in [0.717, 1.165) is 28.7 Å². The Morgan fingerprint density at radius 2 is 1.63 bits per heavy atom. The van der Waals surface area contributed by atoms with E-state index in [1.54, 1.807) is 0 Å². The van der Waals surface area contributed by atoms with E-state index in [-0.39, 0.29) is 0 Å². The zero-order valence-electron chi connectivity index (χ0n) is 11.5. The summed E-state index contributed by atoms with van der Waals surface area (Å²) in [4.78, 5) is 0. The van der Waals surface area contributed by atoms with Crippen molar-refractivity contribution >= 4 is 11.6 Å². The first kappa shape index (κ1) is 13.2. The second-order valence-corrected chi connectivity index (χ2v) is 6.83. The van der Waals surface area contributed by atoms with Gasteiger partial charge in [0.2, 0.25) is 0 Å². The molecule has 2 aliphatic rings. The molecule has 0 bridgehead atoms. The fourth-order valence-corrected chi connectivity index (χ4v) is 4.30. The van der Waals surface area contributed by atoms with Gasteiger partial charge in [0.25, 0.3) is 0 Å². The highest BCUT2D eigenvalue weighted by molar-refractivity contribution is 6.30. The molecule has 19 heavy (non-hydrogen) atoms. The SMILES string of the molecule is C=C[C@@H]1CC[C@@H]2CC(c3ccc(Cl)cc3)CC[C@@H]2C1. The Morgan fingerprint density at radius 3 is 2.37 bits per heavy atom. The molecule has 0 N–H and O–H groups in total. The summed E-state index contributed by atoms with van der Waals surface area (Å²) < 4.78 is 0. The van der Waals surface area contributed by atoms with Gasteiger partial charge in [-0.3, -0.25) is 0 Å². The molecular weight excluding hydrogens is 252 g/mol. The Bertz CT molecular complexity index is 434. The van der Waals surface area contributed by atoms with Gasteiger partial charge in [0.1, 0.15) is 0 Å². The molecule has 1 aromatic rings. The summed E-state index contributed by atoms with van der Waals surface area (Å²) in [6, 6.07) is 8.53. The monoisotopic (exact) mass is 274 g/mol. The van der Waals surface area contributed by atoms with Crippen LogP contribution < -0.4 is 0 Å². The molecule has 0 aliphatic heterocycles. The van der Waals surface area contributed by atoms with Crippen LogP contribution in [-0.2, 0) is 0 Å². The van der Waals surface area contributed by atoms with Gasteiger partial charge >= 0.3 is 0 Å². The molecule has 0 nitrogen and oxygen atoms in total. The van der Waals surface area contributed by atoms with Gasteiger partial charge in [0.15, 0.2) is 0 Å². The lowest BCUT2D eigenvalue weighted by atomic mass is 9.64. The standard InChI is InChI=1S/C18H23Cl/c1-2-13-3-4-17-12-16(6-5-15(17)11-13)14-7-9-18(19)10-8-14/h2,7-10,13,15-17H,1,3-6,11-12H2/t13-,15-,16?,17-/m1/s1. The van der Waals surface area contributed by atoms with Crippen LogP contribution in [0.1, 0.15) is 50.0 Å². The molecule has 0 aromatic heterocycles. The average molecular weight is 275 g/mol. The largest absolute Gasteiger partial charge is 0.103 e. The van der Waals surface area contributed by atoms with Gasteiger partial charge in [-0.05, 0) is 79.9 Å². The Hall–Kier alpha value is -0.750. The third-order valence-corrected chi connectivity index (χ3v) is 5.58. The van der Waals surface area contributed by atoms with Crippen LogP contribution in [0.2, 0.25) is 5.02 Å². The molecule has 0 saturated heterocycles. The minimum absolute atomic E-state index is 0.763. The number of rotatable bonds is 2. The van der Waals surface area contributed by atoms with E-state index in [1.807, 2.05) is 12.1 Å². The summed E-state index contributed by atoms with van der Waals surface area (Å²) in [6.45, 7) is 3.98. The Labute approximate surface area is 121 Å². The second kappa shape index (κ2) is 5.71. The van der Waals surface area contributed by atoms with Crippen LogP contribution in [0.3, 0.4) is 0 Å². The topological polar surface area (TPSA) is 0 Å².